The predicted octanol–water partition coefficient (Wildman–Crippen LogP) is 4.00. The fourth-order valence-corrected chi connectivity index (χ4v) is 3.51. The number of carbonyl (C=O) groups is 1. The molecule has 0 unspecified atom stereocenters. The molecule has 1 aliphatic rings. The standard InChI is InChI=1S/C21H19BrN4O2/c22-18-7-2-1-6-17(18)21(27)23-16-5-3-4-15(14-16)19-8-9-20(25-24-19)26-10-12-28-13-11-26/h1-9,14H,10-13H2,(H,23,27). The molecule has 4 rings (SSSR count). The molecule has 142 valence electrons. The zero-order valence-electron chi connectivity index (χ0n) is 15.1. The fourth-order valence-electron chi connectivity index (χ4n) is 3.04. The van der Waals surface area contributed by atoms with Gasteiger partial charge in [0.15, 0.2) is 5.82 Å². The van der Waals surface area contributed by atoms with Gasteiger partial charge in [-0.1, -0.05) is 24.3 Å². The van der Waals surface area contributed by atoms with Gasteiger partial charge in [0, 0.05) is 28.8 Å². The van der Waals surface area contributed by atoms with Crippen molar-refractivity contribution in [2.45, 2.75) is 0 Å². The molecular weight excluding hydrogens is 420 g/mol. The first kappa shape index (κ1) is 18.6. The third kappa shape index (κ3) is 4.21. The quantitative estimate of drug-likeness (QED) is 0.666. The number of hydrogen-bond acceptors (Lipinski definition) is 5. The summed E-state index contributed by atoms with van der Waals surface area (Å²) in [6.45, 7) is 3.07. The molecule has 1 aliphatic heterocycles. The van der Waals surface area contributed by atoms with Gasteiger partial charge < -0.3 is 15.0 Å². The number of hydrogen-bond donors (Lipinski definition) is 1. The molecule has 1 saturated heterocycles. The third-order valence-corrected chi connectivity index (χ3v) is 5.21. The minimum atomic E-state index is -0.168. The Kier molecular flexibility index (Phi) is 5.64. The van der Waals surface area contributed by atoms with Crippen molar-refractivity contribution in [3.63, 3.8) is 0 Å². The Morgan fingerprint density at radius 1 is 1.00 bits per heavy atom. The first-order valence-electron chi connectivity index (χ1n) is 9.03. The summed E-state index contributed by atoms with van der Waals surface area (Å²) >= 11 is 3.41. The maximum atomic E-state index is 12.5. The summed E-state index contributed by atoms with van der Waals surface area (Å²) < 4.78 is 6.13. The number of benzene rings is 2. The van der Waals surface area contributed by atoms with Gasteiger partial charge in [-0.15, -0.1) is 10.2 Å². The normalized spacial score (nSPS) is 14.0. The number of aromatic nitrogens is 2. The van der Waals surface area contributed by atoms with Crippen LogP contribution in [-0.2, 0) is 4.74 Å². The van der Waals surface area contributed by atoms with Gasteiger partial charge in [-0.05, 0) is 52.3 Å². The van der Waals surface area contributed by atoms with E-state index in [1.165, 1.54) is 0 Å². The van der Waals surface area contributed by atoms with Crippen molar-refractivity contribution in [1.29, 1.82) is 0 Å². The van der Waals surface area contributed by atoms with Crippen LogP contribution in [0.25, 0.3) is 11.3 Å². The number of halogens is 1. The monoisotopic (exact) mass is 438 g/mol. The molecule has 2 aromatic carbocycles. The Morgan fingerprint density at radius 2 is 1.82 bits per heavy atom. The summed E-state index contributed by atoms with van der Waals surface area (Å²) in [5.41, 5.74) is 2.94. The van der Waals surface area contributed by atoms with Gasteiger partial charge in [-0.25, -0.2) is 0 Å². The molecule has 1 amide bonds. The lowest BCUT2D eigenvalue weighted by atomic mass is 10.1. The molecule has 0 saturated carbocycles. The molecule has 1 fully saturated rings. The Balaban J connectivity index is 1.50. The molecule has 0 atom stereocenters. The largest absolute Gasteiger partial charge is 0.378 e. The van der Waals surface area contributed by atoms with Crippen LogP contribution < -0.4 is 10.2 Å². The summed E-state index contributed by atoms with van der Waals surface area (Å²) in [7, 11) is 0. The van der Waals surface area contributed by atoms with Gasteiger partial charge in [-0.2, -0.15) is 0 Å². The molecule has 2 heterocycles. The SMILES string of the molecule is O=C(Nc1cccc(-c2ccc(N3CCOCC3)nn2)c1)c1ccccc1Br. The molecular formula is C21H19BrN4O2. The van der Waals surface area contributed by atoms with Crippen LogP contribution in [0.2, 0.25) is 0 Å². The number of morpholine rings is 1. The van der Waals surface area contributed by atoms with Gasteiger partial charge in [0.2, 0.25) is 0 Å². The Hall–Kier alpha value is -2.77. The Bertz CT molecular complexity index is 972. The number of nitrogens with zero attached hydrogens (tertiary/aromatic N) is 3. The van der Waals surface area contributed by atoms with Crippen LogP contribution in [0.3, 0.4) is 0 Å². The van der Waals surface area contributed by atoms with Gasteiger partial charge >= 0.3 is 0 Å². The van der Waals surface area contributed by atoms with Crippen LogP contribution in [0.4, 0.5) is 11.5 Å². The molecule has 0 radical (unpaired) electrons. The summed E-state index contributed by atoms with van der Waals surface area (Å²) in [6.07, 6.45) is 0. The van der Waals surface area contributed by atoms with Crippen molar-refractivity contribution in [2.75, 3.05) is 36.5 Å². The minimum Gasteiger partial charge on any atom is -0.378 e. The Morgan fingerprint density at radius 3 is 2.57 bits per heavy atom. The molecule has 0 bridgehead atoms. The molecule has 1 N–H and O–H groups in total. The van der Waals surface area contributed by atoms with Crippen molar-refractivity contribution >= 4 is 33.3 Å². The van der Waals surface area contributed by atoms with E-state index in [0.717, 1.165) is 34.6 Å². The highest BCUT2D eigenvalue weighted by atomic mass is 79.9. The highest BCUT2D eigenvalue weighted by molar-refractivity contribution is 9.10. The Labute approximate surface area is 171 Å². The highest BCUT2D eigenvalue weighted by Gasteiger charge is 2.14. The smallest absolute Gasteiger partial charge is 0.256 e. The van der Waals surface area contributed by atoms with Crippen molar-refractivity contribution in [3.05, 3.63) is 70.7 Å². The van der Waals surface area contributed by atoms with E-state index in [0.29, 0.717) is 24.5 Å². The van der Waals surface area contributed by atoms with Crippen molar-refractivity contribution < 1.29 is 9.53 Å². The van der Waals surface area contributed by atoms with Crippen LogP contribution in [-0.4, -0.2) is 42.4 Å². The first-order valence-corrected chi connectivity index (χ1v) is 9.83. The van der Waals surface area contributed by atoms with Crippen molar-refractivity contribution in [2.24, 2.45) is 0 Å². The number of ether oxygens (including phenoxy) is 1. The number of amides is 1. The number of anilines is 2. The highest BCUT2D eigenvalue weighted by Crippen LogP contribution is 2.23. The van der Waals surface area contributed by atoms with E-state index in [1.54, 1.807) is 6.07 Å². The van der Waals surface area contributed by atoms with E-state index in [2.05, 4.69) is 36.3 Å². The van der Waals surface area contributed by atoms with Gasteiger partial charge in [0.1, 0.15) is 0 Å². The summed E-state index contributed by atoms with van der Waals surface area (Å²) in [5.74, 6) is 0.684. The van der Waals surface area contributed by atoms with E-state index in [-0.39, 0.29) is 5.91 Å². The van der Waals surface area contributed by atoms with Crippen LogP contribution >= 0.6 is 15.9 Å². The molecule has 6 nitrogen and oxygen atoms in total. The van der Waals surface area contributed by atoms with Crippen molar-refractivity contribution in [3.8, 4) is 11.3 Å². The van der Waals surface area contributed by atoms with E-state index >= 15 is 0 Å². The predicted molar refractivity (Wildman–Crippen MR) is 113 cm³/mol. The molecule has 0 aliphatic carbocycles. The number of rotatable bonds is 4. The molecule has 7 heteroatoms. The van der Waals surface area contributed by atoms with E-state index in [4.69, 9.17) is 4.74 Å². The lowest BCUT2D eigenvalue weighted by Gasteiger charge is -2.27. The van der Waals surface area contributed by atoms with E-state index in [9.17, 15) is 4.79 Å². The molecule has 28 heavy (non-hydrogen) atoms. The van der Waals surface area contributed by atoms with E-state index in [1.807, 2.05) is 54.6 Å². The number of nitrogens with one attached hydrogen (secondary N) is 1. The summed E-state index contributed by atoms with van der Waals surface area (Å²) in [5, 5.41) is 11.7. The molecule has 0 spiro atoms. The van der Waals surface area contributed by atoms with Crippen LogP contribution in [0.1, 0.15) is 10.4 Å². The lowest BCUT2D eigenvalue weighted by Crippen LogP contribution is -2.36. The zero-order valence-corrected chi connectivity index (χ0v) is 16.7. The zero-order chi connectivity index (χ0) is 19.3. The molecule has 3 aromatic rings. The van der Waals surface area contributed by atoms with Gasteiger partial charge in [0.25, 0.3) is 5.91 Å². The van der Waals surface area contributed by atoms with E-state index < -0.39 is 0 Å². The second-order valence-corrected chi connectivity index (χ2v) is 7.25. The average molecular weight is 439 g/mol. The third-order valence-electron chi connectivity index (χ3n) is 4.52. The topological polar surface area (TPSA) is 67.4 Å². The van der Waals surface area contributed by atoms with Crippen LogP contribution in [0.15, 0.2) is 65.1 Å². The first-order chi connectivity index (χ1) is 13.7. The van der Waals surface area contributed by atoms with Crippen LogP contribution in [0.5, 0.6) is 0 Å². The summed E-state index contributed by atoms with van der Waals surface area (Å²) in [6, 6.07) is 18.8. The van der Waals surface area contributed by atoms with Gasteiger partial charge in [-0.3, -0.25) is 4.79 Å². The molecule has 1 aromatic heterocycles. The second kappa shape index (κ2) is 8.50. The lowest BCUT2D eigenvalue weighted by molar-refractivity contribution is 0.102. The second-order valence-electron chi connectivity index (χ2n) is 6.39. The summed E-state index contributed by atoms with van der Waals surface area (Å²) in [4.78, 5) is 14.7. The average Bonchev–Trinajstić information content (AvgIpc) is 2.75. The van der Waals surface area contributed by atoms with Gasteiger partial charge in [0.05, 0.1) is 24.5 Å². The maximum absolute atomic E-state index is 12.5. The van der Waals surface area contributed by atoms with Crippen molar-refractivity contribution in [1.82, 2.24) is 10.2 Å². The minimum absolute atomic E-state index is 0.168. The van der Waals surface area contributed by atoms with Crippen LogP contribution in [0, 0.1) is 0 Å². The fraction of sp³-hybridized carbons (Fsp3) is 0.190. The number of carbonyl (C=O) groups excluding carboxylic acids is 1. The maximum Gasteiger partial charge on any atom is 0.256 e.